The maximum absolute atomic E-state index is 12.2. The Balaban J connectivity index is 2.25. The van der Waals surface area contributed by atoms with Gasteiger partial charge in [0.05, 0.1) is 7.11 Å². The number of piperidine rings is 1. The van der Waals surface area contributed by atoms with Crippen LogP contribution in [0.4, 0.5) is 4.79 Å². The third-order valence-electron chi connectivity index (χ3n) is 3.77. The molecule has 0 saturated carbocycles. The molecule has 108 valence electrons. The summed E-state index contributed by atoms with van der Waals surface area (Å²) >= 11 is 23.2. The number of halogens is 4. The molecule has 19 heavy (non-hydrogen) atoms. The Hall–Kier alpha value is 0.1000. The van der Waals surface area contributed by atoms with Gasteiger partial charge in [0.25, 0.3) is 0 Å². The zero-order valence-electron chi connectivity index (χ0n) is 10.1. The van der Waals surface area contributed by atoms with E-state index in [1.54, 1.807) is 4.90 Å². The number of ether oxygens (including phenoxy) is 1. The molecule has 0 aliphatic carbocycles. The second-order valence-corrected chi connectivity index (χ2v) is 7.77. The number of alkyl halides is 4. The first-order chi connectivity index (χ1) is 8.75. The van der Waals surface area contributed by atoms with Crippen molar-refractivity contribution in [2.45, 2.75) is 40.5 Å². The van der Waals surface area contributed by atoms with Gasteiger partial charge in [0.1, 0.15) is 0 Å². The van der Waals surface area contributed by atoms with Gasteiger partial charge in [0, 0.05) is 23.4 Å². The zero-order chi connectivity index (χ0) is 14.4. The lowest BCUT2D eigenvalue weighted by Gasteiger charge is -2.36. The third kappa shape index (κ3) is 2.92. The number of carbonyl (C=O) groups is 2. The molecule has 4 nitrogen and oxygen atoms in total. The number of ketones is 1. The molecule has 0 aromatic heterocycles. The van der Waals surface area contributed by atoms with Crippen LogP contribution < -0.4 is 0 Å². The molecule has 0 aromatic rings. The van der Waals surface area contributed by atoms with Gasteiger partial charge in [-0.15, -0.1) is 11.6 Å². The summed E-state index contributed by atoms with van der Waals surface area (Å²) < 4.78 is 2.79. The lowest BCUT2D eigenvalue weighted by Crippen LogP contribution is -2.49. The van der Waals surface area contributed by atoms with Gasteiger partial charge in [-0.1, -0.05) is 34.8 Å². The second kappa shape index (κ2) is 5.47. The molecule has 0 aromatic carbocycles. The average molecular weight is 349 g/mol. The number of nitrogens with zero attached hydrogens (tertiary/aromatic N) is 1. The van der Waals surface area contributed by atoms with Crippen LogP contribution >= 0.6 is 46.4 Å². The van der Waals surface area contributed by atoms with Crippen molar-refractivity contribution in [2.75, 3.05) is 7.11 Å². The molecule has 0 radical (unpaired) electrons. The molecule has 2 saturated heterocycles. The van der Waals surface area contributed by atoms with E-state index in [9.17, 15) is 9.59 Å². The molecule has 0 spiro atoms. The van der Waals surface area contributed by atoms with Gasteiger partial charge >= 0.3 is 6.09 Å². The zero-order valence-corrected chi connectivity index (χ0v) is 13.1. The Morgan fingerprint density at radius 3 is 2.37 bits per heavy atom. The van der Waals surface area contributed by atoms with E-state index < -0.39 is 21.6 Å². The quantitative estimate of drug-likeness (QED) is 0.684. The Labute approximate surface area is 131 Å². The first-order valence-electron chi connectivity index (χ1n) is 5.87. The molecule has 4 atom stereocenters. The van der Waals surface area contributed by atoms with Crippen molar-refractivity contribution in [1.29, 1.82) is 0 Å². The number of carbonyl (C=O) groups excluding carboxylic acids is 2. The summed E-state index contributed by atoms with van der Waals surface area (Å²) in [7, 11) is 1.31. The van der Waals surface area contributed by atoms with E-state index in [0.717, 1.165) is 0 Å². The van der Waals surface area contributed by atoms with Crippen LogP contribution in [0, 0.1) is 5.92 Å². The van der Waals surface area contributed by atoms with Crippen LogP contribution in [0.5, 0.6) is 0 Å². The van der Waals surface area contributed by atoms with Crippen molar-refractivity contribution in [3.8, 4) is 0 Å². The number of methoxy groups -OCH3 is 1. The van der Waals surface area contributed by atoms with Crippen molar-refractivity contribution >= 4 is 58.3 Å². The fourth-order valence-electron chi connectivity index (χ4n) is 3.05. The van der Waals surface area contributed by atoms with Crippen molar-refractivity contribution in [3.63, 3.8) is 0 Å². The summed E-state index contributed by atoms with van der Waals surface area (Å²) in [5, 5.41) is -0.0796. The molecule has 1 amide bonds. The van der Waals surface area contributed by atoms with Crippen LogP contribution in [-0.2, 0) is 9.53 Å². The predicted octanol–water partition coefficient (Wildman–Crippen LogP) is 3.15. The van der Waals surface area contributed by atoms with Crippen LogP contribution in [0.25, 0.3) is 0 Å². The van der Waals surface area contributed by atoms with Crippen molar-refractivity contribution in [3.05, 3.63) is 0 Å². The Morgan fingerprint density at radius 1 is 1.21 bits per heavy atom. The highest BCUT2D eigenvalue weighted by molar-refractivity contribution is 6.76. The molecule has 2 bridgehead atoms. The Kier molecular flexibility index (Phi) is 4.46. The van der Waals surface area contributed by atoms with Gasteiger partial charge < -0.3 is 9.64 Å². The second-order valence-electron chi connectivity index (χ2n) is 4.87. The molecule has 2 fully saturated rings. The number of fused-ring (bicyclic) bond motifs is 2. The monoisotopic (exact) mass is 347 g/mol. The number of hydrogen-bond donors (Lipinski definition) is 0. The highest BCUT2D eigenvalue weighted by Crippen LogP contribution is 2.45. The van der Waals surface area contributed by atoms with Crippen LogP contribution in [0.15, 0.2) is 0 Å². The fraction of sp³-hybridized carbons (Fsp3) is 0.818. The fourth-order valence-corrected chi connectivity index (χ4v) is 3.86. The molecular weight excluding hydrogens is 336 g/mol. The lowest BCUT2D eigenvalue weighted by atomic mass is 9.94. The topological polar surface area (TPSA) is 46.6 Å². The van der Waals surface area contributed by atoms with Crippen molar-refractivity contribution in [1.82, 2.24) is 4.90 Å². The Bertz CT molecular complexity index is 398. The summed E-state index contributed by atoms with van der Waals surface area (Å²) in [5.41, 5.74) is 0. The van der Waals surface area contributed by atoms with E-state index in [2.05, 4.69) is 0 Å². The van der Waals surface area contributed by atoms with E-state index in [1.165, 1.54) is 7.11 Å². The molecule has 2 heterocycles. The van der Waals surface area contributed by atoms with E-state index in [-0.39, 0.29) is 17.5 Å². The largest absolute Gasteiger partial charge is 0.453 e. The molecule has 2 aliphatic rings. The van der Waals surface area contributed by atoms with Crippen molar-refractivity contribution in [2.24, 2.45) is 5.92 Å². The van der Waals surface area contributed by atoms with Crippen LogP contribution in [0.2, 0.25) is 0 Å². The minimum atomic E-state index is -1.97. The number of Topliss-reactive ketones (excluding diaryl/α,β-unsaturated/α-hetero) is 1. The van der Waals surface area contributed by atoms with Crippen molar-refractivity contribution < 1.29 is 14.3 Å². The molecule has 2 aliphatic heterocycles. The van der Waals surface area contributed by atoms with E-state index >= 15 is 0 Å². The SMILES string of the molecule is COC(=O)N1C2CC(Cl)CC1C(C(=O)C(Cl)(Cl)Cl)C2. The van der Waals surface area contributed by atoms with Gasteiger partial charge in [-0.05, 0) is 19.3 Å². The highest BCUT2D eigenvalue weighted by Gasteiger charge is 2.54. The third-order valence-corrected chi connectivity index (χ3v) is 4.68. The minimum absolute atomic E-state index is 0.0796. The Morgan fingerprint density at radius 2 is 1.84 bits per heavy atom. The molecule has 2 rings (SSSR count). The summed E-state index contributed by atoms with van der Waals surface area (Å²) in [4.78, 5) is 25.5. The summed E-state index contributed by atoms with van der Waals surface area (Å²) in [6, 6.07) is -0.480. The van der Waals surface area contributed by atoms with Gasteiger partial charge in [-0.25, -0.2) is 4.79 Å². The molecule has 4 unspecified atom stereocenters. The summed E-state index contributed by atoms with van der Waals surface area (Å²) in [6.45, 7) is 0. The minimum Gasteiger partial charge on any atom is -0.453 e. The van der Waals surface area contributed by atoms with Gasteiger partial charge in [-0.2, -0.15) is 0 Å². The maximum Gasteiger partial charge on any atom is 0.410 e. The summed E-state index contributed by atoms with van der Waals surface area (Å²) in [5.74, 6) is -0.981. The number of hydrogen-bond acceptors (Lipinski definition) is 3. The van der Waals surface area contributed by atoms with Crippen LogP contribution in [0.1, 0.15) is 19.3 Å². The normalized spacial score (nSPS) is 34.3. The van der Waals surface area contributed by atoms with E-state index in [4.69, 9.17) is 51.1 Å². The maximum atomic E-state index is 12.2. The van der Waals surface area contributed by atoms with Crippen LogP contribution in [-0.4, -0.2) is 45.1 Å². The molecule has 8 heteroatoms. The van der Waals surface area contributed by atoms with Gasteiger partial charge in [0.2, 0.25) is 3.79 Å². The number of rotatable bonds is 1. The highest BCUT2D eigenvalue weighted by atomic mass is 35.6. The van der Waals surface area contributed by atoms with Gasteiger partial charge in [0.15, 0.2) is 5.78 Å². The first kappa shape index (κ1) is 15.5. The van der Waals surface area contributed by atoms with E-state index in [0.29, 0.717) is 19.3 Å². The van der Waals surface area contributed by atoms with E-state index in [1.807, 2.05) is 0 Å². The summed E-state index contributed by atoms with van der Waals surface area (Å²) in [6.07, 6.45) is 1.13. The first-order valence-corrected chi connectivity index (χ1v) is 7.44. The lowest BCUT2D eigenvalue weighted by molar-refractivity contribution is -0.122. The predicted molar refractivity (Wildman–Crippen MR) is 74.1 cm³/mol. The standard InChI is InChI=1S/C11H13Cl4NO3/c1-19-10(18)16-6-2-5(12)3-8(16)7(4-6)9(17)11(13,14)15/h5-8H,2-4H2,1H3. The number of amides is 1. The molecule has 0 N–H and O–H groups in total. The smallest absolute Gasteiger partial charge is 0.410 e. The molecular formula is C11H13Cl4NO3. The average Bonchev–Trinajstić information content (AvgIpc) is 2.55. The van der Waals surface area contributed by atoms with Gasteiger partial charge in [-0.3, -0.25) is 4.79 Å². The van der Waals surface area contributed by atoms with Crippen LogP contribution in [0.3, 0.4) is 0 Å².